The van der Waals surface area contributed by atoms with Crippen LogP contribution in [0.5, 0.6) is 0 Å². The number of alkyl halides is 3. The maximum atomic E-state index is 12.7. The van der Waals surface area contributed by atoms with Crippen molar-refractivity contribution >= 4 is 23.6 Å². The van der Waals surface area contributed by atoms with Crippen LogP contribution in [0.2, 0.25) is 0 Å². The molecule has 3 N–H and O–H groups in total. The summed E-state index contributed by atoms with van der Waals surface area (Å²) in [6.07, 6.45) is 1.02. The van der Waals surface area contributed by atoms with Gasteiger partial charge in [0.15, 0.2) is 0 Å². The van der Waals surface area contributed by atoms with Crippen LogP contribution in [-0.2, 0) is 15.1 Å². The van der Waals surface area contributed by atoms with Crippen molar-refractivity contribution in [2.75, 3.05) is 14.1 Å². The molecule has 6 nitrogen and oxygen atoms in total. The molecule has 0 radical (unpaired) electrons. The molecule has 27 heavy (non-hydrogen) atoms. The van der Waals surface area contributed by atoms with Gasteiger partial charge in [0.05, 0.1) is 18.0 Å². The molecular formula is C17H21F3N4O2S. The number of nitrogens with one attached hydrogen (secondary N) is 3. The minimum atomic E-state index is -4.33. The van der Waals surface area contributed by atoms with Gasteiger partial charge in [-0.25, -0.2) is 0 Å². The standard InChI is InChI=1S/C17H21F3N4O2S/c1-24(2)15-21-12(9-13(25)22-15)14(26)23-16(7-8-16)10-3-5-11(6-4-10)27-17(18,19)20/h3-6,12,15,21H,7-9H2,1-2H3,(H,22,25)(H,23,26). The molecule has 3 rings (SSSR count). The second-order valence-corrected chi connectivity index (χ2v) is 8.14. The van der Waals surface area contributed by atoms with Crippen LogP contribution in [0.15, 0.2) is 29.2 Å². The number of rotatable bonds is 5. The molecule has 10 heteroatoms. The van der Waals surface area contributed by atoms with Crippen LogP contribution in [0, 0.1) is 0 Å². The Labute approximate surface area is 159 Å². The molecule has 2 amide bonds. The van der Waals surface area contributed by atoms with Gasteiger partial charge in [0.1, 0.15) is 6.29 Å². The molecule has 2 fully saturated rings. The Balaban J connectivity index is 1.66. The molecule has 1 aromatic carbocycles. The highest BCUT2D eigenvalue weighted by Crippen LogP contribution is 2.46. The third-order valence-corrected chi connectivity index (χ3v) is 5.37. The van der Waals surface area contributed by atoms with Gasteiger partial charge in [0, 0.05) is 4.90 Å². The molecule has 2 unspecified atom stereocenters. The lowest BCUT2D eigenvalue weighted by atomic mass is 10.0. The number of halogens is 3. The van der Waals surface area contributed by atoms with E-state index in [1.807, 2.05) is 0 Å². The van der Waals surface area contributed by atoms with Crippen LogP contribution in [-0.4, -0.2) is 48.6 Å². The molecule has 0 aromatic heterocycles. The molecule has 1 saturated heterocycles. The quantitative estimate of drug-likeness (QED) is 0.655. The minimum absolute atomic E-state index is 0.0351. The molecule has 148 valence electrons. The molecular weight excluding hydrogens is 381 g/mol. The van der Waals surface area contributed by atoms with E-state index in [0.29, 0.717) is 12.8 Å². The normalized spacial score (nSPS) is 24.4. The van der Waals surface area contributed by atoms with Gasteiger partial charge in [-0.15, -0.1) is 0 Å². The van der Waals surface area contributed by atoms with Gasteiger partial charge in [-0.3, -0.25) is 19.8 Å². The van der Waals surface area contributed by atoms with Crippen molar-refractivity contribution < 1.29 is 22.8 Å². The monoisotopic (exact) mass is 402 g/mol. The Morgan fingerprint density at radius 3 is 2.41 bits per heavy atom. The molecule has 1 aliphatic carbocycles. The summed E-state index contributed by atoms with van der Waals surface area (Å²) in [5.74, 6) is -0.506. The topological polar surface area (TPSA) is 73.5 Å². The predicted molar refractivity (Wildman–Crippen MR) is 94.6 cm³/mol. The summed E-state index contributed by atoms with van der Waals surface area (Å²) < 4.78 is 37.3. The van der Waals surface area contributed by atoms with Crippen LogP contribution < -0.4 is 16.0 Å². The average Bonchev–Trinajstić information content (AvgIpc) is 3.34. The predicted octanol–water partition coefficient (Wildman–Crippen LogP) is 1.73. The lowest BCUT2D eigenvalue weighted by Gasteiger charge is -2.35. The summed E-state index contributed by atoms with van der Waals surface area (Å²) in [6.45, 7) is 0. The van der Waals surface area contributed by atoms with Gasteiger partial charge in [0.2, 0.25) is 11.8 Å². The summed E-state index contributed by atoms with van der Waals surface area (Å²) in [4.78, 5) is 26.4. The number of amides is 2. The highest BCUT2D eigenvalue weighted by atomic mass is 32.2. The molecule has 1 aliphatic heterocycles. The fourth-order valence-electron chi connectivity index (χ4n) is 3.04. The van der Waals surface area contributed by atoms with Gasteiger partial charge >= 0.3 is 5.51 Å². The number of hydrogen-bond acceptors (Lipinski definition) is 5. The number of thioether (sulfide) groups is 1. The molecule has 1 heterocycles. The molecule has 0 bridgehead atoms. The van der Waals surface area contributed by atoms with E-state index in [1.165, 1.54) is 12.1 Å². The number of carbonyl (C=O) groups excluding carboxylic acids is 2. The Morgan fingerprint density at radius 1 is 1.26 bits per heavy atom. The molecule has 0 spiro atoms. The third-order valence-electron chi connectivity index (χ3n) is 4.63. The van der Waals surface area contributed by atoms with E-state index < -0.39 is 23.4 Å². The van der Waals surface area contributed by atoms with E-state index in [9.17, 15) is 22.8 Å². The Hall–Kier alpha value is -1.78. The summed E-state index contributed by atoms with van der Waals surface area (Å²) in [6, 6.07) is 5.39. The first-order chi connectivity index (χ1) is 12.6. The van der Waals surface area contributed by atoms with E-state index in [0.717, 1.165) is 5.56 Å². The number of hydrogen-bond donors (Lipinski definition) is 3. The van der Waals surface area contributed by atoms with Crippen LogP contribution in [0.25, 0.3) is 0 Å². The largest absolute Gasteiger partial charge is 0.446 e. The van der Waals surface area contributed by atoms with Crippen molar-refractivity contribution in [2.45, 2.75) is 47.5 Å². The van der Waals surface area contributed by atoms with Crippen molar-refractivity contribution in [3.05, 3.63) is 29.8 Å². The molecule has 1 saturated carbocycles. The summed E-state index contributed by atoms with van der Waals surface area (Å²) in [7, 11) is 3.56. The van der Waals surface area contributed by atoms with Crippen LogP contribution >= 0.6 is 11.8 Å². The highest BCUT2D eigenvalue weighted by Gasteiger charge is 2.47. The molecule has 2 aliphatic rings. The Morgan fingerprint density at radius 2 is 1.89 bits per heavy atom. The summed E-state index contributed by atoms with van der Waals surface area (Å²) in [5, 5.41) is 8.78. The van der Waals surface area contributed by atoms with Crippen LogP contribution in [0.1, 0.15) is 24.8 Å². The van der Waals surface area contributed by atoms with E-state index in [-0.39, 0.29) is 34.9 Å². The van der Waals surface area contributed by atoms with Gasteiger partial charge in [-0.2, -0.15) is 13.2 Å². The van der Waals surface area contributed by atoms with Crippen molar-refractivity contribution in [3.8, 4) is 0 Å². The maximum absolute atomic E-state index is 12.7. The average molecular weight is 402 g/mol. The SMILES string of the molecule is CN(C)C1NC(=O)CC(C(=O)NC2(c3ccc(SC(F)(F)F)cc3)CC2)N1. The van der Waals surface area contributed by atoms with E-state index in [4.69, 9.17) is 0 Å². The Bertz CT molecular complexity index is 720. The van der Waals surface area contributed by atoms with Crippen molar-refractivity contribution in [1.82, 2.24) is 20.9 Å². The maximum Gasteiger partial charge on any atom is 0.446 e. The number of nitrogens with zero attached hydrogens (tertiary/aromatic N) is 1. The number of benzene rings is 1. The molecule has 2 atom stereocenters. The Kier molecular flexibility index (Phi) is 5.42. The fraction of sp³-hybridized carbons (Fsp3) is 0.529. The second kappa shape index (κ2) is 7.33. The van der Waals surface area contributed by atoms with E-state index in [2.05, 4.69) is 16.0 Å². The van der Waals surface area contributed by atoms with Crippen molar-refractivity contribution in [2.24, 2.45) is 0 Å². The first-order valence-corrected chi connectivity index (χ1v) is 9.30. The van der Waals surface area contributed by atoms with Crippen molar-refractivity contribution in [3.63, 3.8) is 0 Å². The first-order valence-electron chi connectivity index (χ1n) is 8.48. The highest BCUT2D eigenvalue weighted by molar-refractivity contribution is 8.00. The summed E-state index contributed by atoms with van der Waals surface area (Å²) >= 11 is -0.166. The smallest absolute Gasteiger partial charge is 0.345 e. The van der Waals surface area contributed by atoms with Gasteiger partial charge in [-0.1, -0.05) is 12.1 Å². The fourth-order valence-corrected chi connectivity index (χ4v) is 3.58. The third kappa shape index (κ3) is 4.94. The van der Waals surface area contributed by atoms with E-state index >= 15 is 0 Å². The van der Waals surface area contributed by atoms with Crippen molar-refractivity contribution in [1.29, 1.82) is 0 Å². The van der Waals surface area contributed by atoms with Crippen LogP contribution in [0.3, 0.4) is 0 Å². The number of carbonyl (C=O) groups is 2. The lowest BCUT2D eigenvalue weighted by Crippen LogP contribution is -2.65. The van der Waals surface area contributed by atoms with Gasteiger partial charge < -0.3 is 10.6 Å². The zero-order chi connectivity index (χ0) is 19.8. The van der Waals surface area contributed by atoms with Crippen LogP contribution in [0.4, 0.5) is 13.2 Å². The molecule has 1 aromatic rings. The second-order valence-electron chi connectivity index (χ2n) is 7.00. The first kappa shape index (κ1) is 20.0. The summed E-state index contributed by atoms with van der Waals surface area (Å²) in [5.41, 5.74) is -4.13. The van der Waals surface area contributed by atoms with Gasteiger partial charge in [-0.05, 0) is 56.4 Å². The lowest BCUT2D eigenvalue weighted by molar-refractivity contribution is -0.134. The van der Waals surface area contributed by atoms with E-state index in [1.54, 1.807) is 31.1 Å². The zero-order valence-corrected chi connectivity index (χ0v) is 15.7. The van der Waals surface area contributed by atoms with Gasteiger partial charge in [0.25, 0.3) is 0 Å². The minimum Gasteiger partial charge on any atom is -0.345 e. The zero-order valence-electron chi connectivity index (χ0n) is 14.9.